The molecule has 0 saturated carbocycles. The van der Waals surface area contributed by atoms with E-state index in [1.165, 1.54) is 0 Å². The molecule has 0 unspecified atom stereocenters. The van der Waals surface area contributed by atoms with Crippen molar-refractivity contribution in [3.63, 3.8) is 0 Å². The van der Waals surface area contributed by atoms with Crippen LogP contribution in [0.3, 0.4) is 0 Å². The maximum absolute atomic E-state index is 13.0. The molecular weight excluding hydrogens is 400 g/mol. The second kappa shape index (κ2) is 9.03. The van der Waals surface area contributed by atoms with E-state index in [1.807, 2.05) is 70.9 Å². The Morgan fingerprint density at radius 1 is 1.07 bits per heavy atom. The van der Waals surface area contributed by atoms with Crippen molar-refractivity contribution in [2.75, 3.05) is 7.11 Å². The Hall–Kier alpha value is -2.96. The molecule has 0 saturated heterocycles. The molecule has 2 heterocycles. The van der Waals surface area contributed by atoms with E-state index < -0.39 is 0 Å². The normalized spacial score (nSPS) is 11.2. The van der Waals surface area contributed by atoms with E-state index in [2.05, 4.69) is 4.98 Å². The molecule has 0 atom stereocenters. The molecular formula is C23H20N2O2S2. The Labute approximate surface area is 177 Å². The standard InChI is InChI=1S/C23H20N2O2S2/c1-27-20-10-4-2-7-17(20)15-25(16-18-8-6-14-28-18)23(26)13-12-22-24-19-9-3-5-11-21(19)29-22/h2-14H,15-16H2,1H3/b13-12+. The minimum Gasteiger partial charge on any atom is -0.496 e. The zero-order chi connectivity index (χ0) is 20.1. The summed E-state index contributed by atoms with van der Waals surface area (Å²) in [4.78, 5) is 20.6. The van der Waals surface area contributed by atoms with Gasteiger partial charge in [0.15, 0.2) is 0 Å². The van der Waals surface area contributed by atoms with E-state index in [4.69, 9.17) is 4.74 Å². The highest BCUT2D eigenvalue weighted by atomic mass is 32.1. The lowest BCUT2D eigenvalue weighted by Crippen LogP contribution is -2.28. The van der Waals surface area contributed by atoms with Crippen LogP contribution in [0.15, 0.2) is 72.1 Å². The van der Waals surface area contributed by atoms with Crippen LogP contribution in [0, 0.1) is 0 Å². The van der Waals surface area contributed by atoms with Gasteiger partial charge in [0.05, 0.1) is 23.9 Å². The molecule has 0 aliphatic rings. The first-order valence-corrected chi connectivity index (χ1v) is 10.9. The molecule has 0 aliphatic heterocycles. The number of hydrogen-bond donors (Lipinski definition) is 0. The van der Waals surface area contributed by atoms with E-state index >= 15 is 0 Å². The highest BCUT2D eigenvalue weighted by molar-refractivity contribution is 7.19. The van der Waals surface area contributed by atoms with Crippen LogP contribution < -0.4 is 4.74 Å². The summed E-state index contributed by atoms with van der Waals surface area (Å²) in [7, 11) is 1.65. The summed E-state index contributed by atoms with van der Waals surface area (Å²) < 4.78 is 6.58. The maximum atomic E-state index is 13.0. The van der Waals surface area contributed by atoms with Gasteiger partial charge < -0.3 is 9.64 Å². The third-order valence-corrected chi connectivity index (χ3v) is 6.33. The molecule has 4 rings (SSSR count). The number of ether oxygens (including phenoxy) is 1. The van der Waals surface area contributed by atoms with Crippen LogP contribution in [0.5, 0.6) is 5.75 Å². The molecule has 0 spiro atoms. The third-order valence-electron chi connectivity index (χ3n) is 4.47. The quantitative estimate of drug-likeness (QED) is 0.365. The molecule has 0 fully saturated rings. The molecule has 4 aromatic rings. The van der Waals surface area contributed by atoms with Gasteiger partial charge in [0.1, 0.15) is 10.8 Å². The number of aromatic nitrogens is 1. The number of carbonyl (C=O) groups excluding carboxylic acids is 1. The van der Waals surface area contributed by atoms with Crippen LogP contribution in [-0.4, -0.2) is 22.9 Å². The number of benzene rings is 2. The number of nitrogens with zero attached hydrogens (tertiary/aromatic N) is 2. The Morgan fingerprint density at radius 3 is 2.69 bits per heavy atom. The molecule has 0 bridgehead atoms. The van der Waals surface area contributed by atoms with Crippen molar-refractivity contribution >= 4 is 44.9 Å². The summed E-state index contributed by atoms with van der Waals surface area (Å²) >= 11 is 3.23. The minimum absolute atomic E-state index is 0.0523. The predicted octanol–water partition coefficient (Wildman–Crippen LogP) is 5.61. The molecule has 0 radical (unpaired) electrons. The van der Waals surface area contributed by atoms with Gasteiger partial charge in [-0.2, -0.15) is 0 Å². The second-order valence-corrected chi connectivity index (χ2v) is 8.53. The third kappa shape index (κ3) is 4.72. The van der Waals surface area contributed by atoms with E-state index in [9.17, 15) is 4.79 Å². The van der Waals surface area contributed by atoms with Crippen molar-refractivity contribution in [2.24, 2.45) is 0 Å². The summed E-state index contributed by atoms with van der Waals surface area (Å²) in [5.74, 6) is 0.732. The molecule has 146 valence electrons. The summed E-state index contributed by atoms with van der Waals surface area (Å²) in [6.07, 6.45) is 3.41. The van der Waals surface area contributed by atoms with Crippen molar-refractivity contribution in [1.29, 1.82) is 0 Å². The van der Waals surface area contributed by atoms with Crippen molar-refractivity contribution in [2.45, 2.75) is 13.1 Å². The highest BCUT2D eigenvalue weighted by Crippen LogP contribution is 2.24. The number of carbonyl (C=O) groups is 1. The van der Waals surface area contributed by atoms with Gasteiger partial charge in [-0.1, -0.05) is 36.4 Å². The molecule has 2 aromatic heterocycles. The fraction of sp³-hybridized carbons (Fsp3) is 0.130. The Kier molecular flexibility index (Phi) is 6.03. The van der Waals surface area contributed by atoms with Gasteiger partial charge in [-0.25, -0.2) is 4.98 Å². The number of fused-ring (bicyclic) bond motifs is 1. The molecule has 2 aromatic carbocycles. The van der Waals surface area contributed by atoms with E-state index in [1.54, 1.807) is 41.9 Å². The van der Waals surface area contributed by atoms with Crippen LogP contribution in [-0.2, 0) is 17.9 Å². The van der Waals surface area contributed by atoms with Crippen molar-refractivity contribution in [1.82, 2.24) is 9.88 Å². The van der Waals surface area contributed by atoms with Crippen LogP contribution in [0.4, 0.5) is 0 Å². The number of hydrogen-bond acceptors (Lipinski definition) is 5. The molecule has 4 nitrogen and oxygen atoms in total. The lowest BCUT2D eigenvalue weighted by atomic mass is 10.2. The van der Waals surface area contributed by atoms with Gasteiger partial charge >= 0.3 is 0 Å². The first-order chi connectivity index (χ1) is 14.2. The number of thiophene rings is 1. The number of rotatable bonds is 7. The summed E-state index contributed by atoms with van der Waals surface area (Å²) in [6.45, 7) is 1.03. The summed E-state index contributed by atoms with van der Waals surface area (Å²) in [6, 6.07) is 19.8. The van der Waals surface area contributed by atoms with Crippen LogP contribution in [0.25, 0.3) is 16.3 Å². The summed E-state index contributed by atoms with van der Waals surface area (Å²) in [5.41, 5.74) is 1.93. The van der Waals surface area contributed by atoms with Crippen molar-refractivity contribution < 1.29 is 9.53 Å². The fourth-order valence-corrected chi connectivity index (χ4v) is 4.64. The van der Waals surface area contributed by atoms with Crippen LogP contribution in [0.1, 0.15) is 15.4 Å². The average Bonchev–Trinajstić information content (AvgIpc) is 3.41. The van der Waals surface area contributed by atoms with Gasteiger partial charge in [-0.3, -0.25) is 4.79 Å². The smallest absolute Gasteiger partial charge is 0.247 e. The number of thiazole rings is 1. The van der Waals surface area contributed by atoms with Gasteiger partial charge in [-0.05, 0) is 35.7 Å². The molecule has 29 heavy (non-hydrogen) atoms. The first-order valence-electron chi connectivity index (χ1n) is 9.20. The molecule has 1 amide bonds. The van der Waals surface area contributed by atoms with Crippen molar-refractivity contribution in [3.8, 4) is 5.75 Å². The molecule has 6 heteroatoms. The minimum atomic E-state index is -0.0523. The Morgan fingerprint density at radius 2 is 1.90 bits per heavy atom. The Bertz CT molecular complexity index is 1100. The van der Waals surface area contributed by atoms with E-state index in [0.717, 1.165) is 31.4 Å². The monoisotopic (exact) mass is 420 g/mol. The van der Waals surface area contributed by atoms with Crippen molar-refractivity contribution in [3.05, 3.63) is 87.6 Å². The topological polar surface area (TPSA) is 42.4 Å². The predicted molar refractivity (Wildman–Crippen MR) is 120 cm³/mol. The highest BCUT2D eigenvalue weighted by Gasteiger charge is 2.15. The van der Waals surface area contributed by atoms with Gasteiger partial charge in [0.25, 0.3) is 0 Å². The molecule has 0 N–H and O–H groups in total. The van der Waals surface area contributed by atoms with E-state index in [0.29, 0.717) is 13.1 Å². The second-order valence-electron chi connectivity index (χ2n) is 6.44. The molecule has 0 aliphatic carbocycles. The van der Waals surface area contributed by atoms with Crippen LogP contribution in [0.2, 0.25) is 0 Å². The fourth-order valence-electron chi connectivity index (χ4n) is 3.05. The largest absolute Gasteiger partial charge is 0.496 e. The van der Waals surface area contributed by atoms with E-state index in [-0.39, 0.29) is 5.91 Å². The average molecular weight is 421 g/mol. The van der Waals surface area contributed by atoms with Crippen LogP contribution >= 0.6 is 22.7 Å². The Balaban J connectivity index is 1.56. The SMILES string of the molecule is COc1ccccc1CN(Cc1cccs1)C(=O)/C=C/c1nc2ccccc2s1. The van der Waals surface area contributed by atoms with Gasteiger partial charge in [-0.15, -0.1) is 22.7 Å². The van der Waals surface area contributed by atoms with Gasteiger partial charge in [0, 0.05) is 23.1 Å². The number of amides is 1. The zero-order valence-corrected chi connectivity index (χ0v) is 17.6. The lowest BCUT2D eigenvalue weighted by Gasteiger charge is -2.22. The first kappa shape index (κ1) is 19.4. The van der Waals surface area contributed by atoms with Gasteiger partial charge in [0.2, 0.25) is 5.91 Å². The zero-order valence-electron chi connectivity index (χ0n) is 15.9. The summed E-state index contributed by atoms with van der Waals surface area (Å²) in [5, 5.41) is 2.85. The number of methoxy groups -OCH3 is 1. The number of para-hydroxylation sites is 2. The lowest BCUT2D eigenvalue weighted by molar-refractivity contribution is -0.127. The maximum Gasteiger partial charge on any atom is 0.247 e.